The first kappa shape index (κ1) is 4.85. The third kappa shape index (κ3) is 0.781. The molecule has 48 valence electrons. The van der Waals surface area contributed by atoms with E-state index < -0.39 is 0 Å². The summed E-state index contributed by atoms with van der Waals surface area (Å²) in [5.74, 6) is 1.81. The maximum Gasteiger partial charge on any atom is 0.211 e. The van der Waals surface area contributed by atoms with Crippen molar-refractivity contribution >= 4 is 5.88 Å². The van der Waals surface area contributed by atoms with E-state index in [0.29, 0.717) is 11.8 Å². The highest BCUT2D eigenvalue weighted by atomic mass is 16.4. The molecule has 9 heavy (non-hydrogen) atoms. The molecule has 2 N–H and O–H groups in total. The molecule has 1 aliphatic rings. The Morgan fingerprint density at radius 1 is 1.67 bits per heavy atom. The van der Waals surface area contributed by atoms with E-state index in [4.69, 9.17) is 10.2 Å². The van der Waals surface area contributed by atoms with E-state index in [1.807, 2.05) is 0 Å². The Bertz CT molecular complexity index is 215. The van der Waals surface area contributed by atoms with E-state index in [9.17, 15) is 0 Å². The number of nitrogen functional groups attached to an aromatic ring is 1. The quantitative estimate of drug-likeness (QED) is 0.610. The van der Waals surface area contributed by atoms with Gasteiger partial charge in [-0.2, -0.15) is 0 Å². The first-order valence-corrected chi connectivity index (χ1v) is 3.07. The minimum absolute atomic E-state index is 0.428. The normalized spacial score (nSPS) is 18.2. The Hall–Kier alpha value is -0.990. The van der Waals surface area contributed by atoms with Crippen molar-refractivity contribution in [2.24, 2.45) is 0 Å². The Morgan fingerprint density at radius 3 is 2.89 bits per heavy atom. The van der Waals surface area contributed by atoms with Crippen LogP contribution in [-0.4, -0.2) is 4.98 Å². The van der Waals surface area contributed by atoms with Crippen LogP contribution >= 0.6 is 0 Å². The molecule has 0 spiro atoms. The Labute approximate surface area is 52.9 Å². The fourth-order valence-corrected chi connectivity index (χ4v) is 0.820. The van der Waals surface area contributed by atoms with Crippen LogP contribution in [0.3, 0.4) is 0 Å². The van der Waals surface area contributed by atoms with Crippen molar-refractivity contribution in [1.82, 2.24) is 4.98 Å². The summed E-state index contributed by atoms with van der Waals surface area (Å²) in [4.78, 5) is 3.99. The maximum absolute atomic E-state index is 5.32. The molecule has 1 aliphatic carbocycles. The molecule has 1 aromatic rings. The summed E-state index contributed by atoms with van der Waals surface area (Å²) in [6.45, 7) is 0. The minimum atomic E-state index is 0.428. The summed E-state index contributed by atoms with van der Waals surface area (Å²) >= 11 is 0. The fraction of sp³-hybridized carbons (Fsp3) is 0.500. The summed E-state index contributed by atoms with van der Waals surface area (Å²) < 4.78 is 5.07. The van der Waals surface area contributed by atoms with Crippen LogP contribution in [0.5, 0.6) is 0 Å². The second-order valence-electron chi connectivity index (χ2n) is 2.38. The van der Waals surface area contributed by atoms with Crippen molar-refractivity contribution in [1.29, 1.82) is 0 Å². The molecule has 1 fully saturated rings. The third-order valence-electron chi connectivity index (χ3n) is 1.47. The second kappa shape index (κ2) is 1.50. The molecule has 0 unspecified atom stereocenters. The van der Waals surface area contributed by atoms with Gasteiger partial charge in [-0.15, -0.1) is 0 Å². The predicted molar refractivity (Wildman–Crippen MR) is 32.9 cm³/mol. The van der Waals surface area contributed by atoms with Gasteiger partial charge in [0.15, 0.2) is 5.89 Å². The van der Waals surface area contributed by atoms with Crippen LogP contribution in [0.25, 0.3) is 0 Å². The van der Waals surface area contributed by atoms with Gasteiger partial charge in [0.25, 0.3) is 0 Å². The highest BCUT2D eigenvalue weighted by Crippen LogP contribution is 2.39. The van der Waals surface area contributed by atoms with Gasteiger partial charge in [-0.25, -0.2) is 4.98 Å². The number of anilines is 1. The average molecular weight is 124 g/mol. The molecular weight excluding hydrogens is 116 g/mol. The lowest BCUT2D eigenvalue weighted by Crippen LogP contribution is -1.76. The fourth-order valence-electron chi connectivity index (χ4n) is 0.820. The largest absolute Gasteiger partial charge is 0.425 e. The van der Waals surface area contributed by atoms with Gasteiger partial charge in [0.1, 0.15) is 0 Å². The summed E-state index contributed by atoms with van der Waals surface area (Å²) in [7, 11) is 0. The van der Waals surface area contributed by atoms with E-state index in [1.54, 1.807) is 6.20 Å². The summed E-state index contributed by atoms with van der Waals surface area (Å²) in [6.07, 6.45) is 3.98. The van der Waals surface area contributed by atoms with Crippen LogP contribution in [-0.2, 0) is 0 Å². The molecule has 1 heterocycles. The highest BCUT2D eigenvalue weighted by Gasteiger charge is 2.28. The smallest absolute Gasteiger partial charge is 0.211 e. The molecule has 0 amide bonds. The van der Waals surface area contributed by atoms with Crippen LogP contribution in [0, 0.1) is 0 Å². The van der Waals surface area contributed by atoms with Gasteiger partial charge in [-0.1, -0.05) is 0 Å². The van der Waals surface area contributed by atoms with Gasteiger partial charge < -0.3 is 10.2 Å². The molecule has 1 saturated carbocycles. The van der Waals surface area contributed by atoms with Crippen LogP contribution in [0.4, 0.5) is 5.88 Å². The minimum Gasteiger partial charge on any atom is -0.425 e. The molecular formula is C6H8N2O. The SMILES string of the molecule is Nc1cnc(C2CC2)o1. The lowest BCUT2D eigenvalue weighted by Gasteiger charge is -1.82. The number of aromatic nitrogens is 1. The zero-order valence-electron chi connectivity index (χ0n) is 5.00. The van der Waals surface area contributed by atoms with E-state index in [-0.39, 0.29) is 0 Å². The summed E-state index contributed by atoms with van der Waals surface area (Å²) in [6, 6.07) is 0. The third-order valence-corrected chi connectivity index (χ3v) is 1.47. The zero-order valence-corrected chi connectivity index (χ0v) is 5.00. The average Bonchev–Trinajstić information content (AvgIpc) is 2.58. The molecule has 0 saturated heterocycles. The van der Waals surface area contributed by atoms with Crippen LogP contribution in [0.15, 0.2) is 10.6 Å². The maximum atomic E-state index is 5.32. The molecule has 0 aliphatic heterocycles. The lowest BCUT2D eigenvalue weighted by atomic mass is 10.4. The molecule has 3 nitrogen and oxygen atoms in total. The molecule has 0 radical (unpaired) electrons. The number of nitrogens with two attached hydrogens (primary N) is 1. The van der Waals surface area contributed by atoms with E-state index >= 15 is 0 Å². The van der Waals surface area contributed by atoms with Gasteiger partial charge in [-0.3, -0.25) is 0 Å². The number of hydrogen-bond acceptors (Lipinski definition) is 3. The number of nitrogens with zero attached hydrogens (tertiary/aromatic N) is 1. The van der Waals surface area contributed by atoms with Gasteiger partial charge in [0, 0.05) is 5.92 Å². The first-order chi connectivity index (χ1) is 4.36. The van der Waals surface area contributed by atoms with E-state index in [2.05, 4.69) is 4.98 Å². The molecule has 0 bridgehead atoms. The molecule has 0 aromatic carbocycles. The van der Waals surface area contributed by atoms with E-state index in [0.717, 1.165) is 5.89 Å². The number of rotatable bonds is 1. The lowest BCUT2D eigenvalue weighted by molar-refractivity contribution is 0.513. The highest BCUT2D eigenvalue weighted by molar-refractivity contribution is 5.20. The van der Waals surface area contributed by atoms with Crippen LogP contribution in [0.2, 0.25) is 0 Å². The topological polar surface area (TPSA) is 52.0 Å². The van der Waals surface area contributed by atoms with Crippen LogP contribution in [0.1, 0.15) is 24.7 Å². The van der Waals surface area contributed by atoms with Crippen molar-refractivity contribution in [3.05, 3.63) is 12.1 Å². The van der Waals surface area contributed by atoms with Crippen molar-refractivity contribution in [2.45, 2.75) is 18.8 Å². The summed E-state index contributed by atoms with van der Waals surface area (Å²) in [5.41, 5.74) is 5.32. The molecule has 1 aromatic heterocycles. The van der Waals surface area contributed by atoms with Gasteiger partial charge in [0.2, 0.25) is 5.88 Å². The van der Waals surface area contributed by atoms with Crippen molar-refractivity contribution in [3.8, 4) is 0 Å². The van der Waals surface area contributed by atoms with Crippen molar-refractivity contribution in [3.63, 3.8) is 0 Å². The Balaban J connectivity index is 2.28. The van der Waals surface area contributed by atoms with Crippen molar-refractivity contribution in [2.75, 3.05) is 5.73 Å². The summed E-state index contributed by atoms with van der Waals surface area (Å²) in [5, 5.41) is 0. The first-order valence-electron chi connectivity index (χ1n) is 3.07. The number of oxazole rings is 1. The monoisotopic (exact) mass is 124 g/mol. The zero-order chi connectivity index (χ0) is 6.27. The van der Waals surface area contributed by atoms with E-state index in [1.165, 1.54) is 12.8 Å². The Morgan fingerprint density at radius 2 is 2.44 bits per heavy atom. The molecule has 0 atom stereocenters. The standard InChI is InChI=1S/C6H8N2O/c7-5-3-8-6(9-5)4-1-2-4/h3-4H,1-2,7H2. The van der Waals surface area contributed by atoms with Gasteiger partial charge in [0.05, 0.1) is 6.20 Å². The van der Waals surface area contributed by atoms with Crippen molar-refractivity contribution < 1.29 is 4.42 Å². The van der Waals surface area contributed by atoms with Gasteiger partial charge in [-0.05, 0) is 12.8 Å². The second-order valence-corrected chi connectivity index (χ2v) is 2.38. The Kier molecular flexibility index (Phi) is 0.806. The van der Waals surface area contributed by atoms with Gasteiger partial charge >= 0.3 is 0 Å². The predicted octanol–water partition coefficient (Wildman–Crippen LogP) is 1.13. The molecule has 3 heteroatoms. The number of hydrogen-bond donors (Lipinski definition) is 1. The molecule has 2 rings (SSSR count). The van der Waals surface area contributed by atoms with Crippen LogP contribution < -0.4 is 5.73 Å².